The average Bonchev–Trinajstić information content (AvgIpc) is 2.74. The third-order valence-corrected chi connectivity index (χ3v) is 4.95. The molecule has 0 saturated heterocycles. The maximum atomic E-state index is 10.5. The van der Waals surface area contributed by atoms with Crippen molar-refractivity contribution >= 4 is 41.7 Å². The number of halogens is 1. The molecule has 6 nitrogen and oxygen atoms in total. The normalized spacial score (nSPS) is 11.9. The summed E-state index contributed by atoms with van der Waals surface area (Å²) in [5.74, 6) is 2.88. The Morgan fingerprint density at radius 3 is 2.31 bits per heavy atom. The molecule has 0 spiro atoms. The van der Waals surface area contributed by atoms with Crippen LogP contribution >= 0.6 is 35.7 Å². The number of aliphatic hydroxyl groups is 1. The highest BCUT2D eigenvalue weighted by atomic mass is 127. The molecule has 0 fully saturated rings. The van der Waals surface area contributed by atoms with Gasteiger partial charge < -0.3 is 25.2 Å². The fourth-order valence-corrected chi connectivity index (χ4v) is 3.29. The predicted octanol–water partition coefficient (Wildman–Crippen LogP) is 3.70. The minimum absolute atomic E-state index is 0. The summed E-state index contributed by atoms with van der Waals surface area (Å²) < 4.78 is 10.5. The van der Waals surface area contributed by atoms with Gasteiger partial charge in [0.05, 0.1) is 26.9 Å². The second kappa shape index (κ2) is 14.4. The Balaban J connectivity index is 0.00000420. The Kier molecular flexibility index (Phi) is 12.6. The van der Waals surface area contributed by atoms with Gasteiger partial charge in [0.15, 0.2) is 5.96 Å². The molecule has 0 bridgehead atoms. The first-order chi connectivity index (χ1) is 13.7. The fourth-order valence-electron chi connectivity index (χ4n) is 2.50. The SMILES string of the molecule is CCNC(=NCC(O)c1cc(OC)cc(OC)c1)NCCSc1ccccc1.I. The molecule has 1 unspecified atom stereocenters. The molecule has 1 atom stereocenters. The smallest absolute Gasteiger partial charge is 0.191 e. The molecule has 29 heavy (non-hydrogen) atoms. The van der Waals surface area contributed by atoms with Gasteiger partial charge in [0, 0.05) is 29.8 Å². The summed E-state index contributed by atoms with van der Waals surface area (Å²) in [5.41, 5.74) is 0.704. The van der Waals surface area contributed by atoms with Crippen molar-refractivity contribution in [2.24, 2.45) is 4.99 Å². The lowest BCUT2D eigenvalue weighted by atomic mass is 10.1. The first kappa shape index (κ1) is 25.4. The topological polar surface area (TPSA) is 75.1 Å². The minimum Gasteiger partial charge on any atom is -0.497 e. The zero-order valence-electron chi connectivity index (χ0n) is 17.1. The van der Waals surface area contributed by atoms with Gasteiger partial charge in [-0.1, -0.05) is 18.2 Å². The van der Waals surface area contributed by atoms with Crippen molar-refractivity contribution in [3.05, 3.63) is 54.1 Å². The van der Waals surface area contributed by atoms with Crippen molar-refractivity contribution in [3.63, 3.8) is 0 Å². The monoisotopic (exact) mass is 531 g/mol. The molecule has 8 heteroatoms. The number of nitrogens with zero attached hydrogens (tertiary/aromatic N) is 1. The quantitative estimate of drug-likeness (QED) is 0.143. The largest absolute Gasteiger partial charge is 0.497 e. The van der Waals surface area contributed by atoms with Crippen LogP contribution in [0.3, 0.4) is 0 Å². The number of guanidine groups is 1. The summed E-state index contributed by atoms with van der Waals surface area (Å²) in [6.45, 7) is 3.77. The van der Waals surface area contributed by atoms with Gasteiger partial charge in [-0.25, -0.2) is 0 Å². The van der Waals surface area contributed by atoms with Crippen LogP contribution in [0.1, 0.15) is 18.6 Å². The molecule has 160 valence electrons. The lowest BCUT2D eigenvalue weighted by Crippen LogP contribution is -2.38. The van der Waals surface area contributed by atoms with Crippen LogP contribution in [0.15, 0.2) is 58.4 Å². The molecular formula is C21H30IN3O3S. The molecule has 0 aromatic heterocycles. The van der Waals surface area contributed by atoms with Crippen LogP contribution in [0, 0.1) is 0 Å². The summed E-state index contributed by atoms with van der Waals surface area (Å²) in [4.78, 5) is 5.74. The first-order valence-electron chi connectivity index (χ1n) is 9.27. The molecule has 0 radical (unpaired) electrons. The Morgan fingerprint density at radius 2 is 1.72 bits per heavy atom. The summed E-state index contributed by atoms with van der Waals surface area (Å²) in [6, 6.07) is 15.6. The van der Waals surface area contributed by atoms with Gasteiger partial charge in [-0.05, 0) is 36.8 Å². The lowest BCUT2D eigenvalue weighted by Gasteiger charge is -2.15. The van der Waals surface area contributed by atoms with Crippen LogP contribution in [0.2, 0.25) is 0 Å². The number of rotatable bonds is 10. The van der Waals surface area contributed by atoms with Gasteiger partial charge in [-0.15, -0.1) is 35.7 Å². The van der Waals surface area contributed by atoms with E-state index in [0.29, 0.717) is 23.0 Å². The maximum Gasteiger partial charge on any atom is 0.191 e. The highest BCUT2D eigenvalue weighted by Gasteiger charge is 2.11. The van der Waals surface area contributed by atoms with E-state index < -0.39 is 6.10 Å². The Labute approximate surface area is 194 Å². The highest BCUT2D eigenvalue weighted by Crippen LogP contribution is 2.26. The van der Waals surface area contributed by atoms with Crippen LogP contribution in [0.5, 0.6) is 11.5 Å². The standard InChI is InChI=1S/C21H29N3O3S.HI/c1-4-22-21(23-10-11-28-19-8-6-5-7-9-19)24-15-20(25)16-12-17(26-2)14-18(13-16)27-3;/h5-9,12-14,20,25H,4,10-11,15H2,1-3H3,(H2,22,23,24);1H. The Bertz CT molecular complexity index is 725. The zero-order valence-corrected chi connectivity index (χ0v) is 20.2. The van der Waals surface area contributed by atoms with Gasteiger partial charge >= 0.3 is 0 Å². The van der Waals surface area contributed by atoms with E-state index in [4.69, 9.17) is 9.47 Å². The zero-order chi connectivity index (χ0) is 20.2. The average molecular weight is 531 g/mol. The van der Waals surface area contributed by atoms with Crippen molar-refractivity contribution in [2.45, 2.75) is 17.9 Å². The molecule has 0 aliphatic carbocycles. The van der Waals surface area contributed by atoms with E-state index in [-0.39, 0.29) is 30.5 Å². The van der Waals surface area contributed by atoms with E-state index >= 15 is 0 Å². The molecular weight excluding hydrogens is 501 g/mol. The molecule has 0 saturated carbocycles. The van der Waals surface area contributed by atoms with Gasteiger partial charge in [-0.2, -0.15) is 0 Å². The number of nitrogens with one attached hydrogen (secondary N) is 2. The molecule has 2 aromatic rings. The maximum absolute atomic E-state index is 10.5. The van der Waals surface area contributed by atoms with Crippen LogP contribution in [-0.4, -0.2) is 50.7 Å². The van der Waals surface area contributed by atoms with Crippen LogP contribution in [0.25, 0.3) is 0 Å². The van der Waals surface area contributed by atoms with Gasteiger partial charge in [0.2, 0.25) is 0 Å². The number of methoxy groups -OCH3 is 2. The lowest BCUT2D eigenvalue weighted by molar-refractivity contribution is 0.186. The number of thioether (sulfide) groups is 1. The number of ether oxygens (including phenoxy) is 2. The number of hydrogen-bond acceptors (Lipinski definition) is 5. The molecule has 0 heterocycles. The number of aliphatic imine (C=N–C) groups is 1. The van der Waals surface area contributed by atoms with Gasteiger partial charge in [-0.3, -0.25) is 4.99 Å². The summed E-state index contributed by atoms with van der Waals surface area (Å²) >= 11 is 1.79. The van der Waals surface area contributed by atoms with Crippen molar-refractivity contribution in [1.82, 2.24) is 10.6 Å². The van der Waals surface area contributed by atoms with E-state index in [1.807, 2.05) is 25.1 Å². The van der Waals surface area contributed by atoms with E-state index in [0.717, 1.165) is 18.8 Å². The van der Waals surface area contributed by atoms with E-state index in [1.165, 1.54) is 4.90 Å². The van der Waals surface area contributed by atoms with Crippen LogP contribution in [-0.2, 0) is 0 Å². The molecule has 2 rings (SSSR count). The first-order valence-corrected chi connectivity index (χ1v) is 10.3. The molecule has 0 aliphatic heterocycles. The van der Waals surface area contributed by atoms with Gasteiger partial charge in [0.1, 0.15) is 11.5 Å². The minimum atomic E-state index is -0.752. The fraction of sp³-hybridized carbons (Fsp3) is 0.381. The highest BCUT2D eigenvalue weighted by molar-refractivity contribution is 14.0. The van der Waals surface area contributed by atoms with Crippen molar-refractivity contribution in [3.8, 4) is 11.5 Å². The summed E-state index contributed by atoms with van der Waals surface area (Å²) in [6.07, 6.45) is -0.752. The molecule has 3 N–H and O–H groups in total. The summed E-state index contributed by atoms with van der Waals surface area (Å²) in [7, 11) is 3.17. The van der Waals surface area contributed by atoms with E-state index in [9.17, 15) is 5.11 Å². The van der Waals surface area contributed by atoms with Crippen LogP contribution in [0.4, 0.5) is 0 Å². The molecule has 0 amide bonds. The Morgan fingerprint density at radius 1 is 1.07 bits per heavy atom. The number of hydrogen-bond donors (Lipinski definition) is 3. The van der Waals surface area contributed by atoms with Crippen molar-refractivity contribution < 1.29 is 14.6 Å². The van der Waals surface area contributed by atoms with E-state index in [1.54, 1.807) is 44.2 Å². The second-order valence-corrected chi connectivity index (χ2v) is 7.14. The third-order valence-electron chi connectivity index (χ3n) is 3.93. The predicted molar refractivity (Wildman–Crippen MR) is 131 cm³/mol. The van der Waals surface area contributed by atoms with Gasteiger partial charge in [0.25, 0.3) is 0 Å². The third kappa shape index (κ3) is 9.14. The number of benzene rings is 2. The van der Waals surface area contributed by atoms with Crippen LogP contribution < -0.4 is 20.1 Å². The van der Waals surface area contributed by atoms with Crippen molar-refractivity contribution in [1.29, 1.82) is 0 Å². The molecule has 2 aromatic carbocycles. The second-order valence-electron chi connectivity index (χ2n) is 5.97. The van der Waals surface area contributed by atoms with Crippen molar-refractivity contribution in [2.75, 3.05) is 39.6 Å². The number of aliphatic hydroxyl groups excluding tert-OH is 1. The Hall–Kier alpha value is -1.65. The van der Waals surface area contributed by atoms with E-state index in [2.05, 4.69) is 27.8 Å². The summed E-state index contributed by atoms with van der Waals surface area (Å²) in [5, 5.41) is 17.0. The molecule has 0 aliphatic rings.